The average molecular weight is 438 g/mol. The fourth-order valence-electron chi connectivity index (χ4n) is 4.52. The minimum atomic E-state index is 0.173. The predicted octanol–water partition coefficient (Wildman–Crippen LogP) is 4.41. The lowest BCUT2D eigenvalue weighted by Crippen LogP contribution is -2.51. The fourth-order valence-corrected chi connectivity index (χ4v) is 4.71. The van der Waals surface area contributed by atoms with Crippen molar-refractivity contribution in [2.45, 2.75) is 19.4 Å². The summed E-state index contributed by atoms with van der Waals surface area (Å²) in [5.74, 6) is 0.531. The minimum absolute atomic E-state index is 0.173. The summed E-state index contributed by atoms with van der Waals surface area (Å²) in [6.45, 7) is 7.34. The monoisotopic (exact) mass is 437 g/mol. The summed E-state index contributed by atoms with van der Waals surface area (Å²) in [4.78, 5) is 20.0. The zero-order valence-corrected chi connectivity index (χ0v) is 18.9. The predicted molar refractivity (Wildman–Crippen MR) is 128 cm³/mol. The van der Waals surface area contributed by atoms with Crippen molar-refractivity contribution in [3.05, 3.63) is 76.8 Å². The Bertz CT molecular complexity index is 869. The summed E-state index contributed by atoms with van der Waals surface area (Å²) in [6.07, 6.45) is 6.29. The summed E-state index contributed by atoms with van der Waals surface area (Å²) in [5, 5.41) is 0.831. The van der Waals surface area contributed by atoms with E-state index >= 15 is 0 Å². The molecule has 2 aliphatic heterocycles. The number of hydrogen-bond donors (Lipinski definition) is 0. The molecule has 2 heterocycles. The van der Waals surface area contributed by atoms with Crippen LogP contribution in [0.3, 0.4) is 0 Å². The van der Waals surface area contributed by atoms with Crippen molar-refractivity contribution in [3.63, 3.8) is 0 Å². The quantitative estimate of drug-likeness (QED) is 0.669. The lowest BCUT2D eigenvalue weighted by Gasteiger charge is -2.38. The SMILES string of the molecule is O=C(C1CCN(Cc2ccccc2Cl)CC1)N1CCN(C/C=C/c2ccccc2)CC1. The Morgan fingerprint density at radius 1 is 0.871 bits per heavy atom. The highest BCUT2D eigenvalue weighted by Crippen LogP contribution is 2.24. The topological polar surface area (TPSA) is 26.8 Å². The Hall–Kier alpha value is -2.14. The fraction of sp³-hybridized carbons (Fsp3) is 0.423. The van der Waals surface area contributed by atoms with Crippen molar-refractivity contribution in [1.82, 2.24) is 14.7 Å². The molecular formula is C26H32ClN3O. The van der Waals surface area contributed by atoms with Crippen LogP contribution in [0.15, 0.2) is 60.7 Å². The van der Waals surface area contributed by atoms with Crippen LogP contribution in [0.25, 0.3) is 6.08 Å². The van der Waals surface area contributed by atoms with Gasteiger partial charge in [0, 0.05) is 50.2 Å². The van der Waals surface area contributed by atoms with E-state index < -0.39 is 0 Å². The summed E-state index contributed by atoms with van der Waals surface area (Å²) in [5.41, 5.74) is 2.41. The van der Waals surface area contributed by atoms with Crippen LogP contribution in [0.1, 0.15) is 24.0 Å². The molecule has 0 unspecified atom stereocenters. The smallest absolute Gasteiger partial charge is 0.225 e. The van der Waals surface area contributed by atoms with Crippen molar-refractivity contribution >= 4 is 23.6 Å². The van der Waals surface area contributed by atoms with Crippen molar-refractivity contribution in [2.75, 3.05) is 45.8 Å². The molecule has 0 N–H and O–H groups in total. The van der Waals surface area contributed by atoms with Crippen LogP contribution in [-0.4, -0.2) is 66.4 Å². The number of piperidine rings is 1. The normalized spacial score (nSPS) is 19.2. The van der Waals surface area contributed by atoms with Crippen molar-refractivity contribution in [2.24, 2.45) is 5.92 Å². The maximum absolute atomic E-state index is 13.0. The van der Waals surface area contributed by atoms with E-state index in [-0.39, 0.29) is 5.92 Å². The van der Waals surface area contributed by atoms with Gasteiger partial charge >= 0.3 is 0 Å². The Balaban J connectivity index is 1.18. The number of nitrogens with zero attached hydrogens (tertiary/aromatic N) is 3. The zero-order valence-electron chi connectivity index (χ0n) is 18.1. The highest BCUT2D eigenvalue weighted by Gasteiger charge is 2.30. The maximum Gasteiger partial charge on any atom is 0.225 e. The van der Waals surface area contributed by atoms with E-state index in [0.717, 1.165) is 70.2 Å². The number of halogens is 1. The van der Waals surface area contributed by atoms with Gasteiger partial charge in [-0.05, 0) is 43.1 Å². The number of hydrogen-bond acceptors (Lipinski definition) is 3. The summed E-state index contributed by atoms with van der Waals surface area (Å²) in [7, 11) is 0. The molecule has 2 fully saturated rings. The molecule has 164 valence electrons. The maximum atomic E-state index is 13.0. The number of piperazine rings is 1. The van der Waals surface area contributed by atoms with Gasteiger partial charge in [-0.3, -0.25) is 14.6 Å². The standard InChI is InChI=1S/C26H32ClN3O/c27-25-11-5-4-10-24(25)21-29-15-12-23(13-16-29)26(31)30-19-17-28(18-20-30)14-6-9-22-7-2-1-3-8-22/h1-11,23H,12-21H2/b9-6+. The van der Waals surface area contributed by atoms with Gasteiger partial charge in [-0.1, -0.05) is 72.3 Å². The molecule has 2 aliphatic rings. The molecule has 0 radical (unpaired) electrons. The first-order valence-corrected chi connectivity index (χ1v) is 11.8. The van der Waals surface area contributed by atoms with Gasteiger partial charge in [-0.2, -0.15) is 0 Å². The summed E-state index contributed by atoms with van der Waals surface area (Å²) >= 11 is 6.30. The van der Waals surface area contributed by atoms with Gasteiger partial charge in [0.1, 0.15) is 0 Å². The molecule has 2 aromatic rings. The Morgan fingerprint density at radius 3 is 2.26 bits per heavy atom. The van der Waals surface area contributed by atoms with Gasteiger partial charge < -0.3 is 4.90 Å². The molecule has 0 aliphatic carbocycles. The third kappa shape index (κ3) is 6.19. The third-order valence-electron chi connectivity index (χ3n) is 6.45. The second-order valence-electron chi connectivity index (χ2n) is 8.58. The third-order valence-corrected chi connectivity index (χ3v) is 6.81. The lowest BCUT2D eigenvalue weighted by molar-refractivity contribution is -0.138. The Labute approximate surface area is 191 Å². The van der Waals surface area contributed by atoms with E-state index in [0.29, 0.717) is 5.91 Å². The van der Waals surface area contributed by atoms with E-state index in [9.17, 15) is 4.79 Å². The van der Waals surface area contributed by atoms with Crippen LogP contribution >= 0.6 is 11.6 Å². The minimum Gasteiger partial charge on any atom is -0.340 e. The average Bonchev–Trinajstić information content (AvgIpc) is 2.82. The summed E-state index contributed by atoms with van der Waals surface area (Å²) in [6, 6.07) is 18.4. The first kappa shape index (κ1) is 22.1. The second kappa shape index (κ2) is 10.9. The number of likely N-dealkylation sites (tertiary alicyclic amines) is 1. The van der Waals surface area contributed by atoms with Crippen molar-refractivity contribution in [3.8, 4) is 0 Å². The molecule has 31 heavy (non-hydrogen) atoms. The lowest BCUT2D eigenvalue weighted by atomic mass is 9.94. The number of benzene rings is 2. The number of amides is 1. The molecule has 0 aromatic heterocycles. The van der Waals surface area contributed by atoms with Gasteiger partial charge in [0.2, 0.25) is 5.91 Å². The molecule has 1 amide bonds. The zero-order chi connectivity index (χ0) is 21.5. The molecule has 4 nitrogen and oxygen atoms in total. The molecule has 0 saturated carbocycles. The Kier molecular flexibility index (Phi) is 7.79. The molecular weight excluding hydrogens is 406 g/mol. The van der Waals surface area contributed by atoms with Crippen LogP contribution in [0.2, 0.25) is 5.02 Å². The highest BCUT2D eigenvalue weighted by molar-refractivity contribution is 6.31. The van der Waals surface area contributed by atoms with E-state index in [1.807, 2.05) is 24.3 Å². The van der Waals surface area contributed by atoms with Gasteiger partial charge in [0.15, 0.2) is 0 Å². The van der Waals surface area contributed by atoms with Gasteiger partial charge in [0.05, 0.1) is 0 Å². The van der Waals surface area contributed by atoms with Crippen molar-refractivity contribution < 1.29 is 4.79 Å². The van der Waals surface area contributed by atoms with Crippen LogP contribution in [0.4, 0.5) is 0 Å². The van der Waals surface area contributed by atoms with Gasteiger partial charge in [0.25, 0.3) is 0 Å². The van der Waals surface area contributed by atoms with Crippen LogP contribution in [-0.2, 0) is 11.3 Å². The molecule has 0 atom stereocenters. The molecule has 0 spiro atoms. The van der Waals surface area contributed by atoms with E-state index in [2.05, 4.69) is 57.2 Å². The molecule has 2 aromatic carbocycles. The van der Waals surface area contributed by atoms with Crippen LogP contribution in [0.5, 0.6) is 0 Å². The first-order valence-electron chi connectivity index (χ1n) is 11.4. The molecule has 2 saturated heterocycles. The van der Waals surface area contributed by atoms with Crippen molar-refractivity contribution in [1.29, 1.82) is 0 Å². The van der Waals surface area contributed by atoms with Crippen LogP contribution in [0, 0.1) is 5.92 Å². The number of rotatable bonds is 6. The highest BCUT2D eigenvalue weighted by atomic mass is 35.5. The van der Waals surface area contributed by atoms with Gasteiger partial charge in [-0.15, -0.1) is 0 Å². The van der Waals surface area contributed by atoms with E-state index in [4.69, 9.17) is 11.6 Å². The molecule has 4 rings (SSSR count). The number of carbonyl (C=O) groups is 1. The first-order chi connectivity index (χ1) is 15.2. The van der Waals surface area contributed by atoms with Gasteiger partial charge in [-0.25, -0.2) is 0 Å². The molecule has 5 heteroatoms. The van der Waals surface area contributed by atoms with E-state index in [1.165, 1.54) is 11.1 Å². The number of carbonyl (C=O) groups excluding carboxylic acids is 1. The second-order valence-corrected chi connectivity index (χ2v) is 8.99. The largest absolute Gasteiger partial charge is 0.340 e. The van der Waals surface area contributed by atoms with Crippen LogP contribution < -0.4 is 0 Å². The van der Waals surface area contributed by atoms with E-state index in [1.54, 1.807) is 0 Å². The molecule has 0 bridgehead atoms. The summed E-state index contributed by atoms with van der Waals surface area (Å²) < 4.78 is 0. The Morgan fingerprint density at radius 2 is 1.55 bits per heavy atom.